The molecule has 0 aromatic carbocycles. The van der Waals surface area contributed by atoms with Crippen LogP contribution in [0.15, 0.2) is 9.31 Å². The molecule has 1 heterocycles. The minimum Gasteiger partial charge on any atom is -0.465 e. The van der Waals surface area contributed by atoms with Crippen LogP contribution in [0.3, 0.4) is 0 Å². The Balaban J connectivity index is 2.18. The van der Waals surface area contributed by atoms with Crippen molar-refractivity contribution < 1.29 is 17.9 Å². The number of aliphatic hydroxyl groups is 1. The van der Waals surface area contributed by atoms with Gasteiger partial charge in [0.15, 0.2) is 0 Å². The summed E-state index contributed by atoms with van der Waals surface area (Å²) < 4.78 is 32.6. The van der Waals surface area contributed by atoms with E-state index < -0.39 is 10.0 Å². The second kappa shape index (κ2) is 5.26. The quantitative estimate of drug-likeness (QED) is 0.835. The molecule has 0 amide bonds. The van der Waals surface area contributed by atoms with Gasteiger partial charge in [-0.2, -0.15) is 0 Å². The first-order valence-corrected chi connectivity index (χ1v) is 8.04. The molecule has 1 aliphatic carbocycles. The number of hydrogen-bond donors (Lipinski definition) is 2. The highest BCUT2D eigenvalue weighted by atomic mass is 32.2. The third-order valence-corrected chi connectivity index (χ3v) is 5.39. The summed E-state index contributed by atoms with van der Waals surface area (Å²) in [5, 5.41) is 9.30. The highest BCUT2D eigenvalue weighted by molar-refractivity contribution is 7.89. The Kier molecular flexibility index (Phi) is 4.03. The van der Waals surface area contributed by atoms with E-state index in [-0.39, 0.29) is 11.5 Å². The van der Waals surface area contributed by atoms with Crippen LogP contribution in [0.2, 0.25) is 0 Å². The fourth-order valence-corrected chi connectivity index (χ4v) is 3.97. The van der Waals surface area contributed by atoms with E-state index >= 15 is 0 Å². The van der Waals surface area contributed by atoms with Crippen LogP contribution < -0.4 is 4.72 Å². The minimum atomic E-state index is -3.62. The highest BCUT2D eigenvalue weighted by Crippen LogP contribution is 2.36. The number of nitrogens with one attached hydrogen (secondary N) is 1. The number of aryl methyl sites for hydroxylation is 2. The number of sulfonamides is 1. The lowest BCUT2D eigenvalue weighted by Gasteiger charge is -2.12. The fraction of sp³-hybridized carbons (Fsp3) is 0.692. The maximum Gasteiger partial charge on any atom is 0.244 e. The Hall–Kier alpha value is -0.850. The van der Waals surface area contributed by atoms with Crippen molar-refractivity contribution in [2.24, 2.45) is 11.8 Å². The summed E-state index contributed by atoms with van der Waals surface area (Å²) in [5.41, 5.74) is 0.351. The van der Waals surface area contributed by atoms with Gasteiger partial charge in [0.05, 0.1) is 6.61 Å². The topological polar surface area (TPSA) is 79.5 Å². The Bertz CT molecular complexity index is 557. The third kappa shape index (κ3) is 3.01. The number of rotatable bonds is 6. The molecule has 0 bridgehead atoms. The molecule has 1 unspecified atom stereocenters. The van der Waals surface area contributed by atoms with Gasteiger partial charge < -0.3 is 9.52 Å². The van der Waals surface area contributed by atoms with Crippen LogP contribution in [0.25, 0.3) is 0 Å². The summed E-state index contributed by atoms with van der Waals surface area (Å²) in [5.74, 6) is 1.77. The van der Waals surface area contributed by atoms with Crippen LogP contribution in [0, 0.1) is 25.7 Å². The van der Waals surface area contributed by atoms with Crippen molar-refractivity contribution in [2.45, 2.75) is 45.1 Å². The van der Waals surface area contributed by atoms with Gasteiger partial charge in [-0.1, -0.05) is 6.92 Å². The Morgan fingerprint density at radius 3 is 2.53 bits per heavy atom. The number of hydrogen-bond acceptors (Lipinski definition) is 4. The van der Waals surface area contributed by atoms with Gasteiger partial charge in [-0.15, -0.1) is 0 Å². The zero-order chi connectivity index (χ0) is 14.2. The van der Waals surface area contributed by atoms with Crippen molar-refractivity contribution >= 4 is 10.0 Å². The number of aliphatic hydroxyl groups excluding tert-OH is 1. The fourth-order valence-electron chi connectivity index (χ4n) is 2.39. The molecule has 0 spiro atoms. The molecule has 1 fully saturated rings. The van der Waals surface area contributed by atoms with E-state index in [2.05, 4.69) is 11.6 Å². The molecular formula is C13H21NO4S. The Morgan fingerprint density at radius 2 is 2.00 bits per heavy atom. The monoisotopic (exact) mass is 287 g/mol. The average molecular weight is 287 g/mol. The maximum atomic E-state index is 12.3. The van der Waals surface area contributed by atoms with Crippen LogP contribution >= 0.6 is 0 Å². The molecule has 6 heteroatoms. The predicted octanol–water partition coefficient (Wildman–Crippen LogP) is 1.71. The van der Waals surface area contributed by atoms with Gasteiger partial charge in [0.25, 0.3) is 0 Å². The van der Waals surface area contributed by atoms with E-state index in [1.54, 1.807) is 13.8 Å². The van der Waals surface area contributed by atoms with Gasteiger partial charge >= 0.3 is 0 Å². The van der Waals surface area contributed by atoms with Crippen LogP contribution in [-0.4, -0.2) is 20.1 Å². The lowest BCUT2D eigenvalue weighted by molar-refractivity contribution is 0.276. The van der Waals surface area contributed by atoms with Crippen molar-refractivity contribution in [3.8, 4) is 0 Å². The standard InChI is InChI=1S/C13H21NO4S/c1-8(11-4-5-11)6-14-19(16,17)13-10(3)18-9(2)12(13)7-15/h8,11,14-15H,4-7H2,1-3H3. The Morgan fingerprint density at radius 1 is 1.37 bits per heavy atom. The van der Waals surface area contributed by atoms with Crippen molar-refractivity contribution in [1.29, 1.82) is 0 Å². The van der Waals surface area contributed by atoms with Crippen LogP contribution in [0.5, 0.6) is 0 Å². The van der Waals surface area contributed by atoms with E-state index in [4.69, 9.17) is 4.42 Å². The first-order valence-electron chi connectivity index (χ1n) is 6.56. The van der Waals surface area contributed by atoms with Gasteiger partial charge in [0.1, 0.15) is 16.4 Å². The SMILES string of the molecule is Cc1oc(C)c(S(=O)(=O)NCC(C)C2CC2)c1CO. The molecule has 1 aliphatic rings. The predicted molar refractivity (Wildman–Crippen MR) is 71.2 cm³/mol. The lowest BCUT2D eigenvalue weighted by atomic mass is 10.1. The second-order valence-corrected chi connectivity index (χ2v) is 7.05. The average Bonchev–Trinajstić information content (AvgIpc) is 3.12. The third-order valence-electron chi connectivity index (χ3n) is 3.77. The van der Waals surface area contributed by atoms with E-state index in [0.29, 0.717) is 35.5 Å². The van der Waals surface area contributed by atoms with Crippen molar-refractivity contribution in [3.63, 3.8) is 0 Å². The van der Waals surface area contributed by atoms with Crippen LogP contribution in [0.1, 0.15) is 36.8 Å². The van der Waals surface area contributed by atoms with Gasteiger partial charge in [-0.05, 0) is 38.5 Å². The molecule has 5 nitrogen and oxygen atoms in total. The van der Waals surface area contributed by atoms with Gasteiger partial charge in [0.2, 0.25) is 10.0 Å². The second-order valence-electron chi connectivity index (χ2n) is 5.35. The summed E-state index contributed by atoms with van der Waals surface area (Å²) in [4.78, 5) is 0.0931. The van der Waals surface area contributed by atoms with E-state index in [1.165, 1.54) is 12.8 Å². The van der Waals surface area contributed by atoms with Gasteiger partial charge in [0, 0.05) is 12.1 Å². The van der Waals surface area contributed by atoms with Crippen LogP contribution in [-0.2, 0) is 16.6 Å². The summed E-state index contributed by atoms with van der Waals surface area (Å²) >= 11 is 0. The van der Waals surface area contributed by atoms with Gasteiger partial charge in [-0.25, -0.2) is 13.1 Å². The molecule has 108 valence electrons. The van der Waals surface area contributed by atoms with Crippen molar-refractivity contribution in [1.82, 2.24) is 4.72 Å². The molecule has 19 heavy (non-hydrogen) atoms. The lowest BCUT2D eigenvalue weighted by Crippen LogP contribution is -2.30. The summed E-state index contributed by atoms with van der Waals surface area (Å²) in [7, 11) is -3.62. The van der Waals surface area contributed by atoms with E-state index in [1.807, 2.05) is 0 Å². The first-order chi connectivity index (χ1) is 8.86. The first kappa shape index (κ1) is 14.6. The summed E-state index contributed by atoms with van der Waals surface area (Å²) in [6, 6.07) is 0. The smallest absolute Gasteiger partial charge is 0.244 e. The molecule has 0 radical (unpaired) electrons. The van der Waals surface area contributed by atoms with Crippen molar-refractivity contribution in [3.05, 3.63) is 17.1 Å². The molecule has 0 saturated heterocycles. The number of furan rings is 1. The zero-order valence-corrected chi connectivity index (χ0v) is 12.4. The molecule has 1 aromatic heterocycles. The molecule has 1 saturated carbocycles. The van der Waals surface area contributed by atoms with E-state index in [9.17, 15) is 13.5 Å². The molecule has 2 N–H and O–H groups in total. The Labute approximate surface area is 114 Å². The highest BCUT2D eigenvalue weighted by Gasteiger charge is 2.31. The molecule has 2 rings (SSSR count). The summed E-state index contributed by atoms with van der Waals surface area (Å²) in [6.07, 6.45) is 2.38. The van der Waals surface area contributed by atoms with Crippen LogP contribution in [0.4, 0.5) is 0 Å². The molecule has 0 aliphatic heterocycles. The maximum absolute atomic E-state index is 12.3. The van der Waals surface area contributed by atoms with Crippen molar-refractivity contribution in [2.75, 3.05) is 6.54 Å². The van der Waals surface area contributed by atoms with E-state index in [0.717, 1.165) is 0 Å². The molecular weight excluding hydrogens is 266 g/mol. The normalized spacial score (nSPS) is 17.7. The minimum absolute atomic E-state index is 0.0931. The molecule has 1 atom stereocenters. The summed E-state index contributed by atoms with van der Waals surface area (Å²) in [6.45, 7) is 5.41. The molecule has 1 aromatic rings. The largest absolute Gasteiger partial charge is 0.465 e. The van der Waals surface area contributed by atoms with Gasteiger partial charge in [-0.3, -0.25) is 0 Å². The zero-order valence-electron chi connectivity index (χ0n) is 11.6.